The molecule has 6 rings (SSSR count). The Morgan fingerprint density at radius 2 is 1.68 bits per heavy atom. The lowest BCUT2D eigenvalue weighted by Crippen LogP contribution is -2.41. The maximum Gasteiger partial charge on any atom is 0.338 e. The molecule has 0 radical (unpaired) electrons. The number of aromatic nitrogens is 1. The Morgan fingerprint density at radius 1 is 0.976 bits per heavy atom. The second kappa shape index (κ2) is 11.0. The fourth-order valence-electron chi connectivity index (χ4n) is 5.41. The van der Waals surface area contributed by atoms with E-state index < -0.39 is 12.0 Å². The molecule has 0 fully saturated rings. The number of hydrogen-bond acceptors (Lipinski definition) is 7. The molecule has 1 atom stereocenters. The highest BCUT2D eigenvalue weighted by atomic mass is 32.2. The van der Waals surface area contributed by atoms with E-state index in [4.69, 9.17) is 9.73 Å². The summed E-state index contributed by atoms with van der Waals surface area (Å²) in [6.07, 6.45) is 1.99. The summed E-state index contributed by atoms with van der Waals surface area (Å²) in [5.74, 6) is -0.751. The van der Waals surface area contributed by atoms with Crippen LogP contribution in [0, 0.1) is 0 Å². The van der Waals surface area contributed by atoms with Crippen LogP contribution >= 0.6 is 23.1 Å². The number of rotatable bonds is 6. The van der Waals surface area contributed by atoms with E-state index in [1.165, 1.54) is 11.3 Å². The van der Waals surface area contributed by atoms with Gasteiger partial charge in [0.15, 0.2) is 4.80 Å². The minimum absolute atomic E-state index is 0.176. The van der Waals surface area contributed by atoms with Gasteiger partial charge < -0.3 is 9.64 Å². The van der Waals surface area contributed by atoms with Gasteiger partial charge in [0.05, 0.1) is 35.2 Å². The van der Waals surface area contributed by atoms with Crippen LogP contribution < -0.4 is 19.8 Å². The number of carbonyl (C=O) groups is 2. The lowest BCUT2D eigenvalue weighted by molar-refractivity contribution is -0.138. The topological polar surface area (TPSA) is 81.0 Å². The number of hydrogen-bond donors (Lipinski definition) is 0. The van der Waals surface area contributed by atoms with Gasteiger partial charge in [0.2, 0.25) is 0 Å². The summed E-state index contributed by atoms with van der Waals surface area (Å²) < 4.78 is 7.40. The monoisotopic (exact) mass is 581 g/mol. The van der Waals surface area contributed by atoms with E-state index in [0.717, 1.165) is 27.3 Å². The molecule has 206 valence electrons. The zero-order valence-corrected chi connectivity index (χ0v) is 24.4. The van der Waals surface area contributed by atoms with Gasteiger partial charge >= 0.3 is 5.97 Å². The third-order valence-electron chi connectivity index (χ3n) is 7.25. The molecule has 0 saturated carbocycles. The Bertz CT molecular complexity index is 1890. The van der Waals surface area contributed by atoms with E-state index >= 15 is 0 Å². The Kier molecular flexibility index (Phi) is 7.23. The van der Waals surface area contributed by atoms with Gasteiger partial charge in [-0.2, -0.15) is 0 Å². The molecule has 9 heteroatoms. The van der Waals surface area contributed by atoms with Gasteiger partial charge in [-0.1, -0.05) is 72.0 Å². The summed E-state index contributed by atoms with van der Waals surface area (Å²) in [6.45, 7) is 4.32. The number of carbonyl (C=O) groups excluding carboxylic acids is 2. The van der Waals surface area contributed by atoms with E-state index in [9.17, 15) is 14.4 Å². The van der Waals surface area contributed by atoms with Gasteiger partial charge in [-0.05, 0) is 43.9 Å². The van der Waals surface area contributed by atoms with Gasteiger partial charge in [-0.15, -0.1) is 11.8 Å². The van der Waals surface area contributed by atoms with Gasteiger partial charge in [0.1, 0.15) is 4.53 Å². The lowest BCUT2D eigenvalue weighted by atomic mass is 9.93. The first kappa shape index (κ1) is 27.0. The predicted molar refractivity (Wildman–Crippen MR) is 163 cm³/mol. The van der Waals surface area contributed by atoms with Crippen LogP contribution in [0.25, 0.3) is 11.3 Å². The van der Waals surface area contributed by atoms with Crippen molar-refractivity contribution in [1.82, 2.24) is 4.57 Å². The fraction of sp³-hybridized carbons (Fsp3) is 0.188. The molecule has 1 amide bonds. The first-order chi connectivity index (χ1) is 20.0. The van der Waals surface area contributed by atoms with Crippen molar-refractivity contribution in [1.29, 1.82) is 0 Å². The molecule has 3 aromatic carbocycles. The molecule has 4 aromatic rings. The van der Waals surface area contributed by atoms with E-state index in [2.05, 4.69) is 0 Å². The molecule has 0 N–H and O–H groups in total. The van der Waals surface area contributed by atoms with Crippen molar-refractivity contribution in [3.05, 3.63) is 121 Å². The molecule has 2 aliphatic rings. The van der Waals surface area contributed by atoms with Crippen LogP contribution in [0.5, 0.6) is 0 Å². The minimum Gasteiger partial charge on any atom is -0.463 e. The largest absolute Gasteiger partial charge is 0.463 e. The zero-order chi connectivity index (χ0) is 28.7. The minimum atomic E-state index is -0.792. The number of nitrogens with zero attached hydrogens (tertiary/aromatic N) is 3. The number of amides is 1. The van der Waals surface area contributed by atoms with Gasteiger partial charge in [-0.3, -0.25) is 14.2 Å². The van der Waals surface area contributed by atoms with Crippen LogP contribution in [0.2, 0.25) is 0 Å². The maximum atomic E-state index is 14.4. The summed E-state index contributed by atoms with van der Waals surface area (Å²) in [4.78, 5) is 49.7. The van der Waals surface area contributed by atoms with Crippen molar-refractivity contribution in [2.75, 3.05) is 24.3 Å². The lowest BCUT2D eigenvalue weighted by Gasteiger charge is -2.26. The van der Waals surface area contributed by atoms with Crippen LogP contribution in [0.15, 0.2) is 99.1 Å². The standard InChI is InChI=1S/C32H27N3O4S2/c1-4-34-23-14-10-9-13-22(23)24(29(34)36)28-30(37)35-27(20-15-17-21(40-3)18-16-20)25(31(38)39-5-2)26(33-32(35)41-28)19-11-7-6-8-12-19/h6-18,27H,4-5H2,1-3H3/b28-24+/t27-/m1/s1. The van der Waals surface area contributed by atoms with Gasteiger partial charge in [-0.25, -0.2) is 9.79 Å². The van der Waals surface area contributed by atoms with Crippen molar-refractivity contribution in [2.45, 2.75) is 24.8 Å². The number of thiazole rings is 1. The van der Waals surface area contributed by atoms with Crippen molar-refractivity contribution in [3.63, 3.8) is 0 Å². The third kappa shape index (κ3) is 4.45. The highest BCUT2D eigenvalue weighted by Crippen LogP contribution is 2.37. The summed E-state index contributed by atoms with van der Waals surface area (Å²) in [5, 5.41) is 0. The summed E-state index contributed by atoms with van der Waals surface area (Å²) in [5.41, 5.74) is 3.73. The average Bonchev–Trinajstić information content (AvgIpc) is 3.48. The first-order valence-electron chi connectivity index (χ1n) is 13.3. The van der Waals surface area contributed by atoms with Crippen molar-refractivity contribution in [2.24, 2.45) is 4.99 Å². The maximum absolute atomic E-state index is 14.4. The molecular formula is C32H27N3O4S2. The second-order valence-electron chi connectivity index (χ2n) is 9.47. The van der Waals surface area contributed by atoms with Crippen molar-refractivity contribution in [3.8, 4) is 0 Å². The highest BCUT2D eigenvalue weighted by molar-refractivity contribution is 7.98. The van der Waals surface area contributed by atoms with E-state index in [1.807, 2.05) is 92.0 Å². The molecule has 7 nitrogen and oxygen atoms in total. The van der Waals surface area contributed by atoms with Crippen LogP contribution in [0.3, 0.4) is 0 Å². The SMILES string of the molecule is CCOC(=O)C1=C(c2ccccc2)N=c2s/c(=C3/C(=O)N(CC)c4ccccc43)c(=O)n2[C@@H]1c1ccc(SC)cc1. The van der Waals surface area contributed by atoms with Gasteiger partial charge in [0, 0.05) is 22.6 Å². The number of para-hydroxylation sites is 1. The number of likely N-dealkylation sites (N-methyl/N-ethyl adjacent to an activating group) is 1. The summed E-state index contributed by atoms with van der Waals surface area (Å²) >= 11 is 2.79. The molecular weight excluding hydrogens is 555 g/mol. The number of esters is 1. The molecule has 41 heavy (non-hydrogen) atoms. The normalized spacial score (nSPS) is 17.3. The molecule has 0 aliphatic carbocycles. The smallest absolute Gasteiger partial charge is 0.338 e. The first-order valence-corrected chi connectivity index (χ1v) is 15.4. The number of thioether (sulfide) groups is 1. The molecule has 1 aromatic heterocycles. The second-order valence-corrected chi connectivity index (χ2v) is 11.3. The van der Waals surface area contributed by atoms with Crippen LogP contribution in [-0.4, -0.2) is 35.9 Å². The highest BCUT2D eigenvalue weighted by Gasteiger charge is 2.37. The molecule has 2 aliphatic heterocycles. The Balaban J connectivity index is 1.71. The van der Waals surface area contributed by atoms with Gasteiger partial charge in [0.25, 0.3) is 11.5 Å². The molecule has 0 bridgehead atoms. The van der Waals surface area contributed by atoms with E-state index in [0.29, 0.717) is 27.1 Å². The summed E-state index contributed by atoms with van der Waals surface area (Å²) in [7, 11) is 0. The number of anilines is 1. The van der Waals surface area contributed by atoms with Crippen LogP contribution in [0.1, 0.15) is 36.6 Å². The molecule has 0 spiro atoms. The molecule has 0 saturated heterocycles. The van der Waals surface area contributed by atoms with E-state index in [-0.39, 0.29) is 23.6 Å². The average molecular weight is 582 g/mol. The Labute approximate surface area is 245 Å². The quantitative estimate of drug-likeness (QED) is 0.249. The molecule has 0 unspecified atom stereocenters. The van der Waals surface area contributed by atoms with Crippen LogP contribution in [0.4, 0.5) is 5.69 Å². The Morgan fingerprint density at radius 3 is 2.37 bits per heavy atom. The number of benzene rings is 3. The van der Waals surface area contributed by atoms with E-state index in [1.54, 1.807) is 28.2 Å². The zero-order valence-electron chi connectivity index (χ0n) is 22.8. The number of ether oxygens (including phenoxy) is 1. The Hall–Kier alpha value is -4.21. The van der Waals surface area contributed by atoms with Crippen molar-refractivity contribution >= 4 is 51.9 Å². The van der Waals surface area contributed by atoms with Crippen molar-refractivity contribution < 1.29 is 14.3 Å². The number of fused-ring (bicyclic) bond motifs is 2. The fourth-order valence-corrected chi connectivity index (χ4v) is 6.91. The third-order valence-corrected chi connectivity index (χ3v) is 9.04. The van der Waals surface area contributed by atoms with Crippen LogP contribution in [-0.2, 0) is 14.3 Å². The predicted octanol–water partition coefficient (Wildman–Crippen LogP) is 4.39. The summed E-state index contributed by atoms with van der Waals surface area (Å²) in [6, 6.07) is 24.0. The molecule has 3 heterocycles.